The van der Waals surface area contributed by atoms with E-state index in [2.05, 4.69) is 12.2 Å². The quantitative estimate of drug-likeness (QED) is 0.756. The first-order valence-corrected chi connectivity index (χ1v) is 6.38. The van der Waals surface area contributed by atoms with Crippen molar-refractivity contribution in [3.05, 3.63) is 29.8 Å². The zero-order valence-electron chi connectivity index (χ0n) is 11.0. The van der Waals surface area contributed by atoms with E-state index in [1.54, 1.807) is 24.3 Å². The molecule has 0 unspecified atom stereocenters. The summed E-state index contributed by atoms with van der Waals surface area (Å²) < 4.78 is 0. The number of primary amides is 1. The summed E-state index contributed by atoms with van der Waals surface area (Å²) >= 11 is 0. The highest BCUT2D eigenvalue weighted by Crippen LogP contribution is 2.45. The first-order valence-electron chi connectivity index (χ1n) is 6.38. The molecular formula is C14H19N3O2. The Balaban J connectivity index is 2.11. The molecule has 0 saturated heterocycles. The Bertz CT molecular complexity index is 507. The minimum absolute atomic E-state index is 0.0743. The predicted molar refractivity (Wildman–Crippen MR) is 73.5 cm³/mol. The summed E-state index contributed by atoms with van der Waals surface area (Å²) in [7, 11) is 0. The van der Waals surface area contributed by atoms with Crippen molar-refractivity contribution in [1.82, 2.24) is 0 Å². The van der Waals surface area contributed by atoms with Crippen LogP contribution in [0, 0.1) is 11.3 Å². The van der Waals surface area contributed by atoms with Gasteiger partial charge in [-0.05, 0) is 37.0 Å². The van der Waals surface area contributed by atoms with Crippen LogP contribution >= 0.6 is 0 Å². The molecule has 0 atom stereocenters. The molecule has 1 aliphatic carbocycles. The third-order valence-corrected chi connectivity index (χ3v) is 3.76. The van der Waals surface area contributed by atoms with Gasteiger partial charge in [-0.1, -0.05) is 13.0 Å². The van der Waals surface area contributed by atoms with Crippen LogP contribution in [0.4, 0.5) is 5.69 Å². The normalized spacial score (nSPS) is 25.5. The lowest BCUT2D eigenvalue weighted by Crippen LogP contribution is -2.51. The average molecular weight is 261 g/mol. The molecular weight excluding hydrogens is 242 g/mol. The van der Waals surface area contributed by atoms with Gasteiger partial charge in [0.1, 0.15) is 0 Å². The smallest absolute Gasteiger partial charge is 0.248 e. The van der Waals surface area contributed by atoms with Gasteiger partial charge in [-0.15, -0.1) is 0 Å². The second kappa shape index (κ2) is 5.01. The SMILES string of the molecule is CC1CC(CN)(C(=O)Nc2cccc(C(N)=O)c2)C1. The Hall–Kier alpha value is -1.88. The van der Waals surface area contributed by atoms with Gasteiger partial charge < -0.3 is 16.8 Å². The number of carbonyl (C=O) groups is 2. The van der Waals surface area contributed by atoms with Gasteiger partial charge in [-0.3, -0.25) is 9.59 Å². The van der Waals surface area contributed by atoms with Crippen molar-refractivity contribution in [2.75, 3.05) is 11.9 Å². The van der Waals surface area contributed by atoms with E-state index < -0.39 is 11.3 Å². The molecule has 5 nitrogen and oxygen atoms in total. The van der Waals surface area contributed by atoms with E-state index >= 15 is 0 Å². The maximum atomic E-state index is 12.3. The number of carbonyl (C=O) groups excluding carboxylic acids is 2. The molecule has 5 N–H and O–H groups in total. The molecule has 0 spiro atoms. The third kappa shape index (κ3) is 2.61. The number of anilines is 1. The molecule has 0 bridgehead atoms. The van der Waals surface area contributed by atoms with Crippen LogP contribution in [0.2, 0.25) is 0 Å². The lowest BCUT2D eigenvalue weighted by atomic mass is 9.62. The Morgan fingerprint density at radius 2 is 2.11 bits per heavy atom. The summed E-state index contributed by atoms with van der Waals surface area (Å²) in [6.45, 7) is 2.45. The Labute approximate surface area is 112 Å². The van der Waals surface area contributed by atoms with Crippen molar-refractivity contribution >= 4 is 17.5 Å². The molecule has 1 saturated carbocycles. The van der Waals surface area contributed by atoms with Gasteiger partial charge in [0.15, 0.2) is 0 Å². The number of benzene rings is 1. The van der Waals surface area contributed by atoms with Gasteiger partial charge in [0, 0.05) is 17.8 Å². The number of nitrogens with one attached hydrogen (secondary N) is 1. The Morgan fingerprint density at radius 1 is 1.42 bits per heavy atom. The summed E-state index contributed by atoms with van der Waals surface area (Å²) in [4.78, 5) is 23.4. The van der Waals surface area contributed by atoms with E-state index in [0.717, 1.165) is 12.8 Å². The van der Waals surface area contributed by atoms with Gasteiger partial charge in [-0.2, -0.15) is 0 Å². The van der Waals surface area contributed by atoms with Crippen LogP contribution < -0.4 is 16.8 Å². The molecule has 1 fully saturated rings. The Morgan fingerprint density at radius 3 is 2.63 bits per heavy atom. The second-order valence-electron chi connectivity index (χ2n) is 5.40. The van der Waals surface area contributed by atoms with Crippen LogP contribution in [0.25, 0.3) is 0 Å². The molecule has 0 heterocycles. The van der Waals surface area contributed by atoms with Crippen LogP contribution in [0.3, 0.4) is 0 Å². The zero-order valence-corrected chi connectivity index (χ0v) is 11.0. The number of rotatable bonds is 4. The summed E-state index contributed by atoms with van der Waals surface area (Å²) in [5.74, 6) is -0.0529. The highest BCUT2D eigenvalue weighted by atomic mass is 16.2. The van der Waals surface area contributed by atoms with E-state index in [1.165, 1.54) is 0 Å². The molecule has 2 rings (SSSR count). The fraction of sp³-hybridized carbons (Fsp3) is 0.429. The van der Waals surface area contributed by atoms with Crippen LogP contribution in [0.5, 0.6) is 0 Å². The van der Waals surface area contributed by atoms with E-state index in [4.69, 9.17) is 11.5 Å². The molecule has 1 aromatic rings. The van der Waals surface area contributed by atoms with Crippen molar-refractivity contribution in [1.29, 1.82) is 0 Å². The van der Waals surface area contributed by atoms with E-state index in [9.17, 15) is 9.59 Å². The van der Waals surface area contributed by atoms with Crippen LogP contribution in [-0.4, -0.2) is 18.4 Å². The van der Waals surface area contributed by atoms with E-state index in [1.807, 2.05) is 0 Å². The third-order valence-electron chi connectivity index (χ3n) is 3.76. The molecule has 5 heteroatoms. The molecule has 0 aliphatic heterocycles. The van der Waals surface area contributed by atoms with Gasteiger partial charge in [0.05, 0.1) is 5.41 Å². The molecule has 0 radical (unpaired) electrons. The van der Waals surface area contributed by atoms with E-state index in [-0.39, 0.29) is 5.91 Å². The number of amides is 2. The molecule has 1 aliphatic rings. The highest BCUT2D eigenvalue weighted by Gasteiger charge is 2.47. The van der Waals surface area contributed by atoms with Crippen LogP contribution in [0.15, 0.2) is 24.3 Å². The van der Waals surface area contributed by atoms with Gasteiger partial charge >= 0.3 is 0 Å². The maximum absolute atomic E-state index is 12.3. The average Bonchev–Trinajstić information content (AvgIpc) is 2.34. The van der Waals surface area contributed by atoms with Crippen molar-refractivity contribution in [3.63, 3.8) is 0 Å². The molecule has 0 aromatic heterocycles. The topological polar surface area (TPSA) is 98.2 Å². The largest absolute Gasteiger partial charge is 0.366 e. The van der Waals surface area contributed by atoms with Gasteiger partial charge in [0.2, 0.25) is 11.8 Å². The summed E-state index contributed by atoms with van der Waals surface area (Å²) in [5, 5.41) is 2.82. The molecule has 1 aromatic carbocycles. The zero-order chi connectivity index (χ0) is 14.0. The first kappa shape index (κ1) is 13.5. The fourth-order valence-corrected chi connectivity index (χ4v) is 2.73. The molecule has 19 heavy (non-hydrogen) atoms. The summed E-state index contributed by atoms with van der Waals surface area (Å²) in [6.07, 6.45) is 1.62. The minimum atomic E-state index is -0.512. The van der Waals surface area contributed by atoms with Crippen molar-refractivity contribution in [3.8, 4) is 0 Å². The summed E-state index contributed by atoms with van der Waals surface area (Å²) in [5.41, 5.74) is 11.4. The lowest BCUT2D eigenvalue weighted by Gasteiger charge is -2.44. The van der Waals surface area contributed by atoms with Gasteiger partial charge in [0.25, 0.3) is 0 Å². The predicted octanol–water partition coefficient (Wildman–Crippen LogP) is 1.10. The maximum Gasteiger partial charge on any atom is 0.248 e. The van der Waals surface area contributed by atoms with Crippen molar-refractivity contribution < 1.29 is 9.59 Å². The fourth-order valence-electron chi connectivity index (χ4n) is 2.73. The summed E-state index contributed by atoms with van der Waals surface area (Å²) in [6, 6.07) is 6.61. The van der Waals surface area contributed by atoms with Gasteiger partial charge in [-0.25, -0.2) is 0 Å². The van der Waals surface area contributed by atoms with Crippen molar-refractivity contribution in [2.24, 2.45) is 22.8 Å². The van der Waals surface area contributed by atoms with Crippen LogP contribution in [0.1, 0.15) is 30.1 Å². The number of hydrogen-bond donors (Lipinski definition) is 3. The second-order valence-corrected chi connectivity index (χ2v) is 5.40. The highest BCUT2D eigenvalue weighted by molar-refractivity contribution is 5.98. The first-order chi connectivity index (χ1) is 8.97. The minimum Gasteiger partial charge on any atom is -0.366 e. The Kier molecular flexibility index (Phi) is 3.57. The standard InChI is InChI=1S/C14H19N3O2/c1-9-6-14(7-9,8-15)13(19)17-11-4-2-3-10(5-11)12(16)18/h2-5,9H,6-8,15H2,1H3,(H2,16,18)(H,17,19). The van der Waals surface area contributed by atoms with E-state index in [0.29, 0.717) is 23.7 Å². The monoisotopic (exact) mass is 261 g/mol. The van der Waals surface area contributed by atoms with Crippen molar-refractivity contribution in [2.45, 2.75) is 19.8 Å². The molecule has 2 amide bonds. The molecule has 102 valence electrons. The van der Waals surface area contributed by atoms with Crippen LogP contribution in [-0.2, 0) is 4.79 Å². The number of nitrogens with two attached hydrogens (primary N) is 2. The number of hydrogen-bond acceptors (Lipinski definition) is 3. The lowest BCUT2D eigenvalue weighted by molar-refractivity contribution is -0.132.